The van der Waals surface area contributed by atoms with Crippen LogP contribution < -0.4 is 5.32 Å². The van der Waals surface area contributed by atoms with Gasteiger partial charge in [0.05, 0.1) is 17.8 Å². The summed E-state index contributed by atoms with van der Waals surface area (Å²) in [6.07, 6.45) is 2.55. The molecule has 1 aliphatic carbocycles. The van der Waals surface area contributed by atoms with Crippen LogP contribution in [0.2, 0.25) is 0 Å². The molecule has 5 nitrogen and oxygen atoms in total. The van der Waals surface area contributed by atoms with Crippen LogP contribution in [0.1, 0.15) is 42.9 Å². The van der Waals surface area contributed by atoms with E-state index in [1.54, 1.807) is 19.1 Å². The number of furan rings is 1. The van der Waals surface area contributed by atoms with E-state index >= 15 is 0 Å². The van der Waals surface area contributed by atoms with Crippen molar-refractivity contribution in [3.05, 3.63) is 82.6 Å². The summed E-state index contributed by atoms with van der Waals surface area (Å²) in [5.74, 6) is -1.15. The standard InChI is InChI=1S/C21H19NO4/c1-12-18(21(24)25)20(17-8-5-9-26-17)19-15(22-12)10-14(11-16(19)23)13-6-3-2-4-7-13/h2-9,14,20,22H,10-11H2,1H3,(H,24,25). The average Bonchev–Trinajstić information content (AvgIpc) is 3.15. The number of dihydropyridines is 1. The normalized spacial score (nSPS) is 22.9. The maximum Gasteiger partial charge on any atom is 0.334 e. The van der Waals surface area contributed by atoms with Gasteiger partial charge in [-0.05, 0) is 37.0 Å². The maximum absolute atomic E-state index is 13.0. The summed E-state index contributed by atoms with van der Waals surface area (Å²) >= 11 is 0. The minimum Gasteiger partial charge on any atom is -0.478 e. The molecule has 4 rings (SSSR count). The summed E-state index contributed by atoms with van der Waals surface area (Å²) in [4.78, 5) is 24.9. The largest absolute Gasteiger partial charge is 0.478 e. The molecule has 0 bridgehead atoms. The Kier molecular flexibility index (Phi) is 3.99. The van der Waals surface area contributed by atoms with Crippen molar-refractivity contribution in [1.29, 1.82) is 0 Å². The number of aliphatic carboxylic acids is 1. The molecule has 2 aromatic rings. The van der Waals surface area contributed by atoms with Crippen LogP contribution in [0.3, 0.4) is 0 Å². The van der Waals surface area contributed by atoms with Crippen LogP contribution in [0, 0.1) is 0 Å². The van der Waals surface area contributed by atoms with E-state index in [9.17, 15) is 14.7 Å². The second-order valence-electron chi connectivity index (χ2n) is 6.75. The quantitative estimate of drug-likeness (QED) is 0.883. The fraction of sp³-hybridized carbons (Fsp3) is 0.238. The Morgan fingerprint density at radius 1 is 1.15 bits per heavy atom. The van der Waals surface area contributed by atoms with Crippen molar-refractivity contribution in [1.82, 2.24) is 5.32 Å². The molecule has 132 valence electrons. The summed E-state index contributed by atoms with van der Waals surface area (Å²) in [6.45, 7) is 1.74. The Bertz CT molecular complexity index is 922. The zero-order valence-corrected chi connectivity index (χ0v) is 14.4. The van der Waals surface area contributed by atoms with Gasteiger partial charge in [0.15, 0.2) is 5.78 Å². The van der Waals surface area contributed by atoms with Crippen molar-refractivity contribution in [2.45, 2.75) is 31.6 Å². The third-order valence-electron chi connectivity index (χ3n) is 5.16. The molecule has 2 heterocycles. The number of Topliss-reactive ketones (excluding diaryl/α,β-unsaturated/α-hetero) is 1. The number of nitrogens with one attached hydrogen (secondary N) is 1. The second-order valence-corrected chi connectivity index (χ2v) is 6.75. The molecule has 1 aliphatic heterocycles. The summed E-state index contributed by atoms with van der Waals surface area (Å²) in [7, 11) is 0. The van der Waals surface area contributed by atoms with Crippen LogP contribution in [0.4, 0.5) is 0 Å². The summed E-state index contributed by atoms with van der Waals surface area (Å²) in [5, 5.41) is 12.9. The van der Waals surface area contributed by atoms with Gasteiger partial charge in [0.2, 0.25) is 0 Å². The topological polar surface area (TPSA) is 79.5 Å². The number of rotatable bonds is 3. The third kappa shape index (κ3) is 2.65. The monoisotopic (exact) mass is 349 g/mol. The van der Waals surface area contributed by atoms with E-state index in [2.05, 4.69) is 5.32 Å². The van der Waals surface area contributed by atoms with E-state index in [0.717, 1.165) is 11.3 Å². The first kappa shape index (κ1) is 16.4. The SMILES string of the molecule is CC1=C(C(=O)O)C(c2ccco2)C2=C(CC(c3ccccc3)CC2=O)N1. The van der Waals surface area contributed by atoms with Crippen molar-refractivity contribution in [2.24, 2.45) is 0 Å². The Morgan fingerprint density at radius 2 is 1.92 bits per heavy atom. The maximum atomic E-state index is 13.0. The molecule has 0 saturated heterocycles. The van der Waals surface area contributed by atoms with Crippen LogP contribution in [-0.4, -0.2) is 16.9 Å². The van der Waals surface area contributed by atoms with E-state index in [4.69, 9.17) is 4.42 Å². The smallest absolute Gasteiger partial charge is 0.334 e. The van der Waals surface area contributed by atoms with Gasteiger partial charge < -0.3 is 14.8 Å². The predicted octanol–water partition coefficient (Wildman–Crippen LogP) is 3.73. The molecule has 0 amide bonds. The molecule has 0 spiro atoms. The molecule has 0 saturated carbocycles. The molecule has 26 heavy (non-hydrogen) atoms. The number of allylic oxidation sites excluding steroid dienone is 3. The van der Waals surface area contributed by atoms with Gasteiger partial charge in [0.1, 0.15) is 5.76 Å². The third-order valence-corrected chi connectivity index (χ3v) is 5.16. The zero-order valence-electron chi connectivity index (χ0n) is 14.4. The van der Waals surface area contributed by atoms with Gasteiger partial charge in [-0.3, -0.25) is 4.79 Å². The van der Waals surface area contributed by atoms with E-state index in [1.807, 2.05) is 30.3 Å². The number of carbonyl (C=O) groups excluding carboxylic acids is 1. The van der Waals surface area contributed by atoms with Crippen LogP contribution in [0.25, 0.3) is 0 Å². The molecule has 2 N–H and O–H groups in total. The fourth-order valence-corrected chi connectivity index (χ4v) is 4.02. The number of hydrogen-bond acceptors (Lipinski definition) is 4. The van der Waals surface area contributed by atoms with Crippen LogP contribution in [0.15, 0.2) is 75.7 Å². The fourth-order valence-electron chi connectivity index (χ4n) is 4.02. The van der Waals surface area contributed by atoms with Crippen molar-refractivity contribution < 1.29 is 19.1 Å². The minimum absolute atomic E-state index is 0.0275. The van der Waals surface area contributed by atoms with Gasteiger partial charge in [-0.1, -0.05) is 30.3 Å². The Balaban J connectivity index is 1.79. The van der Waals surface area contributed by atoms with Gasteiger partial charge >= 0.3 is 5.97 Å². The molecule has 2 aliphatic rings. The first-order valence-corrected chi connectivity index (χ1v) is 8.62. The van der Waals surface area contributed by atoms with Crippen molar-refractivity contribution in [2.75, 3.05) is 0 Å². The van der Waals surface area contributed by atoms with Crippen LogP contribution in [0.5, 0.6) is 0 Å². The molecule has 2 unspecified atom stereocenters. The van der Waals surface area contributed by atoms with Crippen molar-refractivity contribution >= 4 is 11.8 Å². The lowest BCUT2D eigenvalue weighted by molar-refractivity contribution is -0.133. The van der Waals surface area contributed by atoms with Gasteiger partial charge in [-0.2, -0.15) is 0 Å². The molecule has 5 heteroatoms. The Morgan fingerprint density at radius 3 is 2.58 bits per heavy atom. The van der Waals surface area contributed by atoms with Crippen molar-refractivity contribution in [3.8, 4) is 0 Å². The first-order valence-electron chi connectivity index (χ1n) is 8.62. The average molecular weight is 349 g/mol. The van der Waals surface area contributed by atoms with E-state index < -0.39 is 11.9 Å². The first-order chi connectivity index (χ1) is 12.6. The zero-order chi connectivity index (χ0) is 18.3. The van der Waals surface area contributed by atoms with Gasteiger partial charge in [-0.25, -0.2) is 4.79 Å². The Hall–Kier alpha value is -3.08. The molecular formula is C21H19NO4. The number of carboxylic acid groups (broad SMARTS) is 1. The number of hydrogen-bond donors (Lipinski definition) is 2. The molecular weight excluding hydrogens is 330 g/mol. The lowest BCUT2D eigenvalue weighted by Crippen LogP contribution is -2.35. The van der Waals surface area contributed by atoms with E-state index in [-0.39, 0.29) is 17.3 Å². The highest BCUT2D eigenvalue weighted by Gasteiger charge is 2.42. The number of carboxylic acids is 1. The highest BCUT2D eigenvalue weighted by molar-refractivity contribution is 6.03. The van der Waals surface area contributed by atoms with Gasteiger partial charge in [-0.15, -0.1) is 0 Å². The van der Waals surface area contributed by atoms with E-state index in [0.29, 0.717) is 29.9 Å². The highest BCUT2D eigenvalue weighted by atomic mass is 16.4. The summed E-state index contributed by atoms with van der Waals surface area (Å²) in [5.41, 5.74) is 3.17. The lowest BCUT2D eigenvalue weighted by atomic mass is 9.73. The second kappa shape index (κ2) is 6.33. The Labute approximate surface area is 151 Å². The van der Waals surface area contributed by atoms with Gasteiger partial charge in [0, 0.05) is 23.4 Å². The molecule has 0 fully saturated rings. The molecule has 2 atom stereocenters. The molecule has 0 radical (unpaired) electrons. The van der Waals surface area contributed by atoms with Crippen LogP contribution >= 0.6 is 0 Å². The van der Waals surface area contributed by atoms with Crippen molar-refractivity contribution in [3.63, 3.8) is 0 Å². The molecule has 1 aromatic carbocycles. The van der Waals surface area contributed by atoms with Crippen LogP contribution in [-0.2, 0) is 9.59 Å². The number of benzene rings is 1. The van der Waals surface area contributed by atoms with Gasteiger partial charge in [0.25, 0.3) is 0 Å². The predicted molar refractivity (Wildman–Crippen MR) is 95.4 cm³/mol. The summed E-state index contributed by atoms with van der Waals surface area (Å²) < 4.78 is 5.50. The molecule has 1 aromatic heterocycles. The lowest BCUT2D eigenvalue weighted by Gasteiger charge is -2.35. The minimum atomic E-state index is -1.04. The number of ketones is 1. The van der Waals surface area contributed by atoms with E-state index in [1.165, 1.54) is 6.26 Å². The summed E-state index contributed by atoms with van der Waals surface area (Å²) in [6, 6.07) is 13.4. The number of carbonyl (C=O) groups is 2. The highest BCUT2D eigenvalue weighted by Crippen LogP contribution is 2.45.